The van der Waals surface area contributed by atoms with Crippen molar-refractivity contribution >= 4 is 23.5 Å². The van der Waals surface area contributed by atoms with Gasteiger partial charge in [-0.1, -0.05) is 17.7 Å². The molecule has 1 saturated heterocycles. The molecule has 2 aliphatic rings. The van der Waals surface area contributed by atoms with Gasteiger partial charge in [0.2, 0.25) is 0 Å². The number of benzene rings is 1. The SMILES string of the molecule is CCn1nc(CCCOC(=O)c2c(F)cccc2Cl)c2c1C(=O)NCC1(CCOCC1)C2. The third-order valence-electron chi connectivity index (χ3n) is 6.34. The topological polar surface area (TPSA) is 82.5 Å². The highest BCUT2D eigenvalue weighted by atomic mass is 35.5. The average Bonchev–Trinajstić information content (AvgIpc) is 3.05. The first-order valence-electron chi connectivity index (χ1n) is 11.0. The molecule has 0 radical (unpaired) electrons. The lowest BCUT2D eigenvalue weighted by molar-refractivity contribution is 0.0160. The fourth-order valence-electron chi connectivity index (χ4n) is 4.53. The summed E-state index contributed by atoms with van der Waals surface area (Å²) in [6.45, 7) is 4.66. The third kappa shape index (κ3) is 4.52. The third-order valence-corrected chi connectivity index (χ3v) is 6.65. The summed E-state index contributed by atoms with van der Waals surface area (Å²) in [6.07, 6.45) is 3.61. The minimum Gasteiger partial charge on any atom is -0.462 e. The van der Waals surface area contributed by atoms with Crippen molar-refractivity contribution in [2.75, 3.05) is 26.4 Å². The lowest BCUT2D eigenvalue weighted by Crippen LogP contribution is -2.40. The molecule has 9 heteroatoms. The molecule has 32 heavy (non-hydrogen) atoms. The fourth-order valence-corrected chi connectivity index (χ4v) is 4.77. The van der Waals surface area contributed by atoms with Gasteiger partial charge in [0.1, 0.15) is 17.1 Å². The number of fused-ring (bicyclic) bond motifs is 1. The van der Waals surface area contributed by atoms with E-state index in [1.165, 1.54) is 18.2 Å². The maximum atomic E-state index is 13.9. The van der Waals surface area contributed by atoms with Crippen molar-refractivity contribution < 1.29 is 23.5 Å². The number of ether oxygens (including phenoxy) is 2. The quantitative estimate of drug-likeness (QED) is 0.523. The van der Waals surface area contributed by atoms with Crippen LogP contribution in [0.5, 0.6) is 0 Å². The van der Waals surface area contributed by atoms with Crippen LogP contribution in [0.4, 0.5) is 4.39 Å². The molecule has 0 atom stereocenters. The van der Waals surface area contributed by atoms with Crippen LogP contribution >= 0.6 is 11.6 Å². The number of hydrogen-bond acceptors (Lipinski definition) is 5. The maximum absolute atomic E-state index is 13.9. The second kappa shape index (κ2) is 9.58. The Bertz CT molecular complexity index is 997. The lowest BCUT2D eigenvalue weighted by Gasteiger charge is -2.36. The molecule has 0 saturated carbocycles. The van der Waals surface area contributed by atoms with E-state index in [9.17, 15) is 14.0 Å². The first-order chi connectivity index (χ1) is 15.4. The number of rotatable bonds is 6. The van der Waals surface area contributed by atoms with E-state index in [0.717, 1.165) is 30.5 Å². The number of esters is 1. The van der Waals surface area contributed by atoms with Crippen molar-refractivity contribution in [3.63, 3.8) is 0 Å². The Labute approximate surface area is 191 Å². The molecule has 0 aliphatic carbocycles. The minimum absolute atomic E-state index is 0.0229. The van der Waals surface area contributed by atoms with Crippen LogP contribution in [-0.2, 0) is 28.9 Å². The Kier molecular flexibility index (Phi) is 6.81. The van der Waals surface area contributed by atoms with Gasteiger partial charge in [0, 0.05) is 31.9 Å². The monoisotopic (exact) mass is 463 g/mol. The van der Waals surface area contributed by atoms with Crippen LogP contribution in [0.2, 0.25) is 5.02 Å². The van der Waals surface area contributed by atoms with Crippen LogP contribution in [0.25, 0.3) is 0 Å². The Morgan fingerprint density at radius 2 is 2.16 bits per heavy atom. The van der Waals surface area contributed by atoms with E-state index >= 15 is 0 Å². The number of nitrogens with one attached hydrogen (secondary N) is 1. The highest BCUT2D eigenvalue weighted by Gasteiger charge is 2.39. The lowest BCUT2D eigenvalue weighted by atomic mass is 9.75. The summed E-state index contributed by atoms with van der Waals surface area (Å²) in [5.41, 5.74) is 2.18. The number of carbonyl (C=O) groups is 2. The van der Waals surface area contributed by atoms with Crippen molar-refractivity contribution in [1.29, 1.82) is 0 Å². The van der Waals surface area contributed by atoms with Crippen LogP contribution in [0.3, 0.4) is 0 Å². The predicted molar refractivity (Wildman–Crippen MR) is 116 cm³/mol. The van der Waals surface area contributed by atoms with E-state index < -0.39 is 11.8 Å². The number of aromatic nitrogens is 2. The Morgan fingerprint density at radius 1 is 1.38 bits per heavy atom. The van der Waals surface area contributed by atoms with Gasteiger partial charge in [0.25, 0.3) is 5.91 Å². The molecule has 1 fully saturated rings. The van der Waals surface area contributed by atoms with E-state index in [-0.39, 0.29) is 28.5 Å². The van der Waals surface area contributed by atoms with Crippen LogP contribution < -0.4 is 5.32 Å². The molecule has 0 unspecified atom stereocenters. The zero-order chi connectivity index (χ0) is 22.7. The summed E-state index contributed by atoms with van der Waals surface area (Å²) in [7, 11) is 0. The summed E-state index contributed by atoms with van der Waals surface area (Å²) in [5.74, 6) is -1.58. The average molecular weight is 464 g/mol. The molecule has 1 amide bonds. The molecule has 4 rings (SSSR count). The molecule has 1 aromatic carbocycles. The molecular formula is C23H27ClFN3O4. The highest BCUT2D eigenvalue weighted by Crippen LogP contribution is 2.37. The van der Waals surface area contributed by atoms with Gasteiger partial charge in [0.05, 0.1) is 17.3 Å². The van der Waals surface area contributed by atoms with Crippen LogP contribution in [0, 0.1) is 11.2 Å². The van der Waals surface area contributed by atoms with Gasteiger partial charge in [-0.3, -0.25) is 9.48 Å². The van der Waals surface area contributed by atoms with E-state index in [4.69, 9.17) is 21.1 Å². The smallest absolute Gasteiger partial charge is 0.342 e. The van der Waals surface area contributed by atoms with Crippen molar-refractivity contribution in [2.45, 2.75) is 45.6 Å². The van der Waals surface area contributed by atoms with E-state index in [0.29, 0.717) is 44.8 Å². The zero-order valence-corrected chi connectivity index (χ0v) is 18.8. The minimum atomic E-state index is -0.786. The van der Waals surface area contributed by atoms with Crippen LogP contribution in [-0.4, -0.2) is 48.0 Å². The van der Waals surface area contributed by atoms with Crippen molar-refractivity contribution in [1.82, 2.24) is 15.1 Å². The van der Waals surface area contributed by atoms with E-state index in [1.54, 1.807) is 4.68 Å². The summed E-state index contributed by atoms with van der Waals surface area (Å²) in [6, 6.07) is 4.06. The molecule has 2 aliphatic heterocycles. The summed E-state index contributed by atoms with van der Waals surface area (Å²) in [4.78, 5) is 25.1. The summed E-state index contributed by atoms with van der Waals surface area (Å²) < 4.78 is 26.5. The second-order valence-corrected chi connectivity index (χ2v) is 8.80. The Hall–Kier alpha value is -2.45. The second-order valence-electron chi connectivity index (χ2n) is 8.40. The van der Waals surface area contributed by atoms with Crippen molar-refractivity contribution in [2.24, 2.45) is 5.41 Å². The Balaban J connectivity index is 1.46. The van der Waals surface area contributed by atoms with Gasteiger partial charge in [-0.05, 0) is 56.6 Å². The van der Waals surface area contributed by atoms with Crippen molar-refractivity contribution in [3.8, 4) is 0 Å². The number of aryl methyl sites for hydroxylation is 2. The van der Waals surface area contributed by atoms with Gasteiger partial charge in [-0.15, -0.1) is 0 Å². The normalized spacial score (nSPS) is 17.5. The van der Waals surface area contributed by atoms with Gasteiger partial charge in [0.15, 0.2) is 0 Å². The molecule has 1 N–H and O–H groups in total. The molecule has 0 bridgehead atoms. The Morgan fingerprint density at radius 3 is 2.88 bits per heavy atom. The number of amides is 1. The number of halogens is 2. The summed E-state index contributed by atoms with van der Waals surface area (Å²) in [5, 5.41) is 7.80. The first kappa shape index (κ1) is 22.7. The maximum Gasteiger partial charge on any atom is 0.342 e. The molecule has 2 aromatic rings. The van der Waals surface area contributed by atoms with Gasteiger partial charge in [-0.25, -0.2) is 9.18 Å². The standard InChI is InChI=1S/C23H27ClFN3O4/c1-2-28-20-15(13-23(14-26-21(20)29)8-11-31-12-9-23)18(27-28)7-4-10-32-22(30)19-16(24)5-3-6-17(19)25/h3,5-6H,2,4,7-14H2,1H3,(H,26,29). The molecule has 1 spiro atoms. The van der Waals surface area contributed by atoms with Crippen molar-refractivity contribution in [3.05, 3.63) is 51.6 Å². The van der Waals surface area contributed by atoms with Crippen LogP contribution in [0.15, 0.2) is 18.2 Å². The predicted octanol–water partition coefficient (Wildman–Crippen LogP) is 3.57. The number of hydrogen-bond donors (Lipinski definition) is 1. The fraction of sp³-hybridized carbons (Fsp3) is 0.522. The number of carbonyl (C=O) groups excluding carboxylic acids is 2. The molecule has 172 valence electrons. The summed E-state index contributed by atoms with van der Waals surface area (Å²) >= 11 is 5.93. The van der Waals surface area contributed by atoms with Crippen LogP contribution in [0.1, 0.15) is 58.3 Å². The molecular weight excluding hydrogens is 437 g/mol. The van der Waals surface area contributed by atoms with Gasteiger partial charge in [-0.2, -0.15) is 5.10 Å². The molecule has 3 heterocycles. The van der Waals surface area contributed by atoms with E-state index in [1.807, 2.05) is 6.92 Å². The largest absolute Gasteiger partial charge is 0.462 e. The van der Waals surface area contributed by atoms with E-state index in [2.05, 4.69) is 10.4 Å². The highest BCUT2D eigenvalue weighted by molar-refractivity contribution is 6.33. The molecule has 7 nitrogen and oxygen atoms in total. The number of nitrogens with zero attached hydrogens (tertiary/aromatic N) is 2. The zero-order valence-electron chi connectivity index (χ0n) is 18.1. The van der Waals surface area contributed by atoms with Gasteiger partial charge >= 0.3 is 5.97 Å². The first-order valence-corrected chi connectivity index (χ1v) is 11.4. The van der Waals surface area contributed by atoms with Gasteiger partial charge < -0.3 is 14.8 Å². The molecule has 1 aromatic heterocycles.